The molecular weight excluding hydrogens is 260 g/mol. The first-order valence-corrected chi connectivity index (χ1v) is 4.24. The van der Waals surface area contributed by atoms with E-state index in [1.807, 2.05) is 22.6 Å². The molecule has 0 fully saturated rings. The Morgan fingerprint density at radius 1 is 1.64 bits per heavy atom. The van der Waals surface area contributed by atoms with Gasteiger partial charge in [-0.3, -0.25) is 4.79 Å². The van der Waals surface area contributed by atoms with Crippen LogP contribution in [0.1, 0.15) is 0 Å². The summed E-state index contributed by atoms with van der Waals surface area (Å²) in [4.78, 5) is 11.0. The number of hydrogen-bond donors (Lipinski definition) is 0. The molecule has 1 rings (SSSR count). The number of aromatic nitrogens is 1. The van der Waals surface area contributed by atoms with E-state index in [9.17, 15) is 9.18 Å². The lowest BCUT2D eigenvalue weighted by molar-refractivity contribution is 0.440. The minimum atomic E-state index is -0.500. The van der Waals surface area contributed by atoms with Crippen molar-refractivity contribution in [3.05, 3.63) is 32.3 Å². The average molecular weight is 267 g/mol. The van der Waals surface area contributed by atoms with E-state index in [0.29, 0.717) is 0 Å². The van der Waals surface area contributed by atoms with E-state index >= 15 is 0 Å². The van der Waals surface area contributed by atoms with Gasteiger partial charge in [-0.05, 0) is 28.7 Å². The first-order valence-electron chi connectivity index (χ1n) is 3.16. The molecule has 0 bridgehead atoms. The van der Waals surface area contributed by atoms with Crippen LogP contribution in [0, 0.1) is 3.57 Å². The first-order chi connectivity index (χ1) is 5.24. The Kier molecular flexibility index (Phi) is 3.04. The van der Waals surface area contributed by atoms with Gasteiger partial charge in [0.25, 0.3) is 5.56 Å². The maximum atomic E-state index is 11.8. The van der Waals surface area contributed by atoms with E-state index in [1.165, 1.54) is 10.6 Å². The maximum absolute atomic E-state index is 11.8. The lowest BCUT2D eigenvalue weighted by Gasteiger charge is -2.00. The van der Waals surface area contributed by atoms with Crippen molar-refractivity contribution in [2.75, 3.05) is 6.67 Å². The fourth-order valence-electron chi connectivity index (χ4n) is 0.759. The van der Waals surface area contributed by atoms with Crippen molar-refractivity contribution in [3.63, 3.8) is 0 Å². The second-order valence-electron chi connectivity index (χ2n) is 2.07. The highest BCUT2D eigenvalue weighted by Crippen LogP contribution is 1.97. The highest BCUT2D eigenvalue weighted by molar-refractivity contribution is 14.1. The van der Waals surface area contributed by atoms with Crippen LogP contribution < -0.4 is 5.56 Å². The van der Waals surface area contributed by atoms with Crippen LogP contribution in [0.5, 0.6) is 0 Å². The molecule has 0 atom stereocenters. The summed E-state index contributed by atoms with van der Waals surface area (Å²) < 4.78 is 14.0. The van der Waals surface area contributed by atoms with Crippen LogP contribution in [0.4, 0.5) is 4.39 Å². The first kappa shape index (κ1) is 8.70. The Balaban J connectivity index is 3.00. The third kappa shape index (κ3) is 2.28. The van der Waals surface area contributed by atoms with Gasteiger partial charge in [0.1, 0.15) is 6.67 Å². The minimum absolute atomic E-state index is 0.144. The molecule has 0 saturated carbocycles. The second kappa shape index (κ2) is 3.85. The molecule has 60 valence electrons. The molecule has 0 N–H and O–H groups in total. The highest BCUT2D eigenvalue weighted by Gasteiger charge is 1.94. The van der Waals surface area contributed by atoms with Crippen molar-refractivity contribution >= 4 is 22.6 Å². The number of nitrogens with zero attached hydrogens (tertiary/aromatic N) is 1. The fraction of sp³-hybridized carbons (Fsp3) is 0.286. The van der Waals surface area contributed by atoms with Crippen molar-refractivity contribution < 1.29 is 4.39 Å². The predicted molar refractivity (Wildman–Crippen MR) is 49.4 cm³/mol. The van der Waals surface area contributed by atoms with Crippen LogP contribution in [0.3, 0.4) is 0 Å². The van der Waals surface area contributed by atoms with Crippen molar-refractivity contribution in [1.82, 2.24) is 4.57 Å². The molecule has 0 aliphatic carbocycles. The molecule has 0 amide bonds. The molecule has 0 aliphatic rings. The monoisotopic (exact) mass is 267 g/mol. The zero-order chi connectivity index (χ0) is 8.27. The van der Waals surface area contributed by atoms with Crippen LogP contribution in [0.25, 0.3) is 0 Å². The summed E-state index contributed by atoms with van der Waals surface area (Å²) in [6.07, 6.45) is 1.60. The van der Waals surface area contributed by atoms with Gasteiger partial charge in [-0.1, -0.05) is 0 Å². The molecular formula is C7H7FINO. The zero-order valence-electron chi connectivity index (χ0n) is 5.76. The Bertz CT molecular complexity index is 297. The number of alkyl halides is 1. The Hall–Kier alpha value is -0.390. The molecule has 1 aromatic heterocycles. The molecule has 11 heavy (non-hydrogen) atoms. The Morgan fingerprint density at radius 3 is 2.91 bits per heavy atom. The van der Waals surface area contributed by atoms with E-state index in [2.05, 4.69) is 0 Å². The molecule has 0 radical (unpaired) electrons. The van der Waals surface area contributed by atoms with E-state index in [4.69, 9.17) is 0 Å². The summed E-state index contributed by atoms with van der Waals surface area (Å²) in [6.45, 7) is -0.351. The van der Waals surface area contributed by atoms with Gasteiger partial charge < -0.3 is 4.57 Å². The lowest BCUT2D eigenvalue weighted by Crippen LogP contribution is -2.19. The number of hydrogen-bond acceptors (Lipinski definition) is 1. The zero-order valence-corrected chi connectivity index (χ0v) is 7.92. The van der Waals surface area contributed by atoms with Crippen LogP contribution in [0.2, 0.25) is 0 Å². The van der Waals surface area contributed by atoms with E-state index in [1.54, 1.807) is 12.3 Å². The molecule has 4 heteroatoms. The second-order valence-corrected chi connectivity index (χ2v) is 3.31. The summed E-state index contributed by atoms with van der Waals surface area (Å²) in [7, 11) is 0. The van der Waals surface area contributed by atoms with Gasteiger partial charge in [0, 0.05) is 15.8 Å². The normalized spacial score (nSPS) is 10.0. The quantitative estimate of drug-likeness (QED) is 0.743. The van der Waals surface area contributed by atoms with E-state index < -0.39 is 6.67 Å². The van der Waals surface area contributed by atoms with Gasteiger partial charge in [-0.25, -0.2) is 4.39 Å². The van der Waals surface area contributed by atoms with Crippen LogP contribution in [0.15, 0.2) is 23.1 Å². The smallest absolute Gasteiger partial charge is 0.251 e. The standard InChI is InChI=1S/C7H7FINO/c8-2-4-10-3-1-6(9)5-7(10)11/h1,3,5H,2,4H2. The molecule has 0 aliphatic heterocycles. The number of aryl methyl sites for hydroxylation is 1. The SMILES string of the molecule is O=c1cc(I)ccn1CCF. The molecule has 0 unspecified atom stereocenters. The van der Waals surface area contributed by atoms with Gasteiger partial charge in [-0.15, -0.1) is 0 Å². The van der Waals surface area contributed by atoms with Crippen molar-refractivity contribution in [2.45, 2.75) is 6.54 Å². The number of pyridine rings is 1. The molecule has 0 aromatic carbocycles. The fourth-order valence-corrected chi connectivity index (χ4v) is 1.19. The largest absolute Gasteiger partial charge is 0.313 e. The van der Waals surface area contributed by atoms with Crippen molar-refractivity contribution in [1.29, 1.82) is 0 Å². The highest BCUT2D eigenvalue weighted by atomic mass is 127. The van der Waals surface area contributed by atoms with Crippen molar-refractivity contribution in [3.8, 4) is 0 Å². The van der Waals surface area contributed by atoms with E-state index in [-0.39, 0.29) is 12.1 Å². The molecule has 1 heterocycles. The van der Waals surface area contributed by atoms with Gasteiger partial charge in [0.2, 0.25) is 0 Å². The van der Waals surface area contributed by atoms with Crippen molar-refractivity contribution in [2.24, 2.45) is 0 Å². The molecule has 2 nitrogen and oxygen atoms in total. The molecule has 1 aromatic rings. The lowest BCUT2D eigenvalue weighted by atomic mass is 10.5. The van der Waals surface area contributed by atoms with Gasteiger partial charge >= 0.3 is 0 Å². The third-order valence-corrected chi connectivity index (χ3v) is 1.95. The molecule has 0 spiro atoms. The number of rotatable bonds is 2. The third-order valence-electron chi connectivity index (χ3n) is 1.28. The van der Waals surface area contributed by atoms with E-state index in [0.717, 1.165) is 3.57 Å². The summed E-state index contributed by atoms with van der Waals surface area (Å²) in [5, 5.41) is 0. The van der Waals surface area contributed by atoms with Crippen LogP contribution in [-0.4, -0.2) is 11.2 Å². The van der Waals surface area contributed by atoms with Crippen LogP contribution >= 0.6 is 22.6 Å². The van der Waals surface area contributed by atoms with Crippen LogP contribution in [-0.2, 0) is 6.54 Å². The summed E-state index contributed by atoms with van der Waals surface area (Å²) in [5.74, 6) is 0. The summed E-state index contributed by atoms with van der Waals surface area (Å²) in [5.41, 5.74) is -0.144. The molecule has 0 saturated heterocycles. The van der Waals surface area contributed by atoms with Gasteiger partial charge in [0.15, 0.2) is 0 Å². The van der Waals surface area contributed by atoms with Gasteiger partial charge in [-0.2, -0.15) is 0 Å². The number of halogens is 2. The average Bonchev–Trinajstić information content (AvgIpc) is 1.95. The predicted octanol–water partition coefficient (Wildman–Crippen LogP) is 1.42. The summed E-state index contributed by atoms with van der Waals surface area (Å²) in [6, 6.07) is 3.26. The topological polar surface area (TPSA) is 22.0 Å². The Morgan fingerprint density at radius 2 is 2.36 bits per heavy atom. The maximum Gasteiger partial charge on any atom is 0.251 e. The van der Waals surface area contributed by atoms with Gasteiger partial charge in [0.05, 0.1) is 6.54 Å². The Labute approximate surface area is 77.2 Å². The minimum Gasteiger partial charge on any atom is -0.313 e. The summed E-state index contributed by atoms with van der Waals surface area (Å²) >= 11 is 2.04.